The molecule has 106 valence electrons. The quantitative estimate of drug-likeness (QED) is 0.682. The minimum absolute atomic E-state index is 0.0472. The summed E-state index contributed by atoms with van der Waals surface area (Å²) in [4.78, 5) is 16.8. The first-order valence-corrected chi connectivity index (χ1v) is 7.22. The van der Waals surface area contributed by atoms with Gasteiger partial charge in [-0.3, -0.25) is 15.1 Å². The van der Waals surface area contributed by atoms with E-state index in [4.69, 9.17) is 0 Å². The summed E-state index contributed by atoms with van der Waals surface area (Å²) in [5, 5.41) is 10.3. The fraction of sp³-hybridized carbons (Fsp3) is 0.600. The number of hydrogen-bond donors (Lipinski definition) is 3. The number of pyridine rings is 1. The number of hydrogen-bond acceptors (Lipinski definition) is 4. The molecule has 2 saturated heterocycles. The summed E-state index contributed by atoms with van der Waals surface area (Å²) in [5.74, 6) is 0.747. The highest BCUT2D eigenvalue weighted by Gasteiger charge is 2.74. The molecule has 5 heteroatoms. The average Bonchev–Trinajstić information content (AvgIpc) is 2.80. The number of nitrogens with one attached hydrogen (secondary N) is 3. The molecule has 4 unspecified atom stereocenters. The lowest BCUT2D eigenvalue weighted by Gasteiger charge is -2.41. The van der Waals surface area contributed by atoms with Crippen molar-refractivity contribution in [1.82, 2.24) is 20.9 Å². The molecule has 0 aromatic carbocycles. The largest absolute Gasteiger partial charge is 0.334 e. The highest BCUT2D eigenvalue weighted by Crippen LogP contribution is 2.56. The van der Waals surface area contributed by atoms with Gasteiger partial charge in [0.15, 0.2) is 0 Å². The highest BCUT2D eigenvalue weighted by molar-refractivity contribution is 5.87. The number of carbonyl (C=O) groups is 1. The van der Waals surface area contributed by atoms with E-state index in [-0.39, 0.29) is 17.4 Å². The molecule has 0 radical (unpaired) electrons. The van der Waals surface area contributed by atoms with Gasteiger partial charge < -0.3 is 10.6 Å². The molecule has 20 heavy (non-hydrogen) atoms. The first kappa shape index (κ1) is 12.3. The monoisotopic (exact) mass is 272 g/mol. The van der Waals surface area contributed by atoms with Gasteiger partial charge >= 0.3 is 0 Å². The van der Waals surface area contributed by atoms with Crippen LogP contribution in [0.25, 0.3) is 0 Å². The third-order valence-corrected chi connectivity index (χ3v) is 5.22. The Morgan fingerprint density at radius 1 is 1.40 bits per heavy atom. The van der Waals surface area contributed by atoms with E-state index in [2.05, 4.69) is 33.9 Å². The topological polar surface area (TPSA) is 66.1 Å². The van der Waals surface area contributed by atoms with Crippen LogP contribution in [0.15, 0.2) is 12.3 Å². The third kappa shape index (κ3) is 1.39. The zero-order valence-corrected chi connectivity index (χ0v) is 12.1. The van der Waals surface area contributed by atoms with Crippen LogP contribution in [0.1, 0.15) is 23.7 Å². The minimum Gasteiger partial charge on any atom is -0.334 e. The SMILES string of the molecule is Cc1cc(C)c(C2(C)NC(=O)C3C4CNCC43N2)cn1. The summed E-state index contributed by atoms with van der Waals surface area (Å²) in [6.07, 6.45) is 1.88. The molecule has 2 aliphatic heterocycles. The molecule has 1 saturated carbocycles. The first-order chi connectivity index (χ1) is 9.46. The second-order valence-corrected chi connectivity index (χ2v) is 6.64. The van der Waals surface area contributed by atoms with Crippen molar-refractivity contribution >= 4 is 5.91 Å². The number of carbonyl (C=O) groups excluding carboxylic acids is 1. The molecule has 1 aliphatic carbocycles. The van der Waals surface area contributed by atoms with Crippen LogP contribution in [0.5, 0.6) is 0 Å². The van der Waals surface area contributed by atoms with Crippen molar-refractivity contribution in [3.63, 3.8) is 0 Å². The lowest BCUT2D eigenvalue weighted by molar-refractivity contribution is -0.127. The van der Waals surface area contributed by atoms with Gasteiger partial charge in [0.05, 0.1) is 5.92 Å². The second kappa shape index (κ2) is 3.59. The zero-order valence-electron chi connectivity index (χ0n) is 12.1. The van der Waals surface area contributed by atoms with Gasteiger partial charge in [0.25, 0.3) is 0 Å². The average molecular weight is 272 g/mol. The molecule has 3 aliphatic rings. The molecule has 1 spiro atoms. The standard InChI is InChI=1S/C15H20N4O/c1-8-4-9(2)17-6-10(8)14(3)18-13(20)12-11-5-16-7-15(11,12)19-14/h4,6,11-12,16,19H,5,7H2,1-3H3,(H,18,20). The van der Waals surface area contributed by atoms with Crippen LogP contribution in [0.2, 0.25) is 0 Å². The molecule has 3 N–H and O–H groups in total. The highest BCUT2D eigenvalue weighted by atomic mass is 16.2. The first-order valence-electron chi connectivity index (χ1n) is 7.22. The van der Waals surface area contributed by atoms with E-state index < -0.39 is 5.66 Å². The Labute approximate surface area is 118 Å². The predicted octanol–water partition coefficient (Wildman–Crippen LogP) is 0.179. The molecular formula is C15H20N4O. The molecular weight excluding hydrogens is 252 g/mol. The van der Waals surface area contributed by atoms with Crippen molar-refractivity contribution in [1.29, 1.82) is 0 Å². The van der Waals surface area contributed by atoms with E-state index in [1.54, 1.807) is 0 Å². The van der Waals surface area contributed by atoms with Crippen LogP contribution in [0.4, 0.5) is 0 Å². The Kier molecular flexibility index (Phi) is 2.21. The predicted molar refractivity (Wildman–Crippen MR) is 74.9 cm³/mol. The molecule has 4 atom stereocenters. The number of piperidine rings is 1. The summed E-state index contributed by atoms with van der Waals surface area (Å²) in [5.41, 5.74) is 2.64. The molecule has 5 nitrogen and oxygen atoms in total. The van der Waals surface area contributed by atoms with E-state index in [0.29, 0.717) is 5.92 Å². The van der Waals surface area contributed by atoms with Crippen LogP contribution < -0.4 is 16.0 Å². The van der Waals surface area contributed by atoms with Gasteiger partial charge in [-0.25, -0.2) is 0 Å². The molecule has 1 amide bonds. The van der Waals surface area contributed by atoms with Crippen LogP contribution in [-0.4, -0.2) is 29.5 Å². The molecule has 1 aromatic rings. The van der Waals surface area contributed by atoms with E-state index in [1.807, 2.05) is 20.0 Å². The van der Waals surface area contributed by atoms with E-state index in [1.165, 1.54) is 0 Å². The van der Waals surface area contributed by atoms with E-state index in [0.717, 1.165) is 29.9 Å². The van der Waals surface area contributed by atoms with Crippen molar-refractivity contribution in [2.45, 2.75) is 32.0 Å². The van der Waals surface area contributed by atoms with Crippen molar-refractivity contribution in [2.75, 3.05) is 13.1 Å². The Morgan fingerprint density at radius 3 is 2.95 bits per heavy atom. The normalized spacial score (nSPS) is 41.9. The summed E-state index contributed by atoms with van der Waals surface area (Å²) in [6, 6.07) is 2.06. The molecule has 3 fully saturated rings. The van der Waals surface area contributed by atoms with Gasteiger partial charge in [0.1, 0.15) is 5.66 Å². The number of aromatic nitrogens is 1. The van der Waals surface area contributed by atoms with Gasteiger partial charge in [0, 0.05) is 42.0 Å². The van der Waals surface area contributed by atoms with Gasteiger partial charge in [-0.1, -0.05) is 0 Å². The van der Waals surface area contributed by atoms with Gasteiger partial charge in [-0.2, -0.15) is 0 Å². The summed E-state index contributed by atoms with van der Waals surface area (Å²) in [6.45, 7) is 7.92. The van der Waals surface area contributed by atoms with Crippen LogP contribution in [0.3, 0.4) is 0 Å². The lowest BCUT2D eigenvalue weighted by atomic mass is 9.93. The van der Waals surface area contributed by atoms with E-state index in [9.17, 15) is 4.79 Å². The maximum absolute atomic E-state index is 12.4. The van der Waals surface area contributed by atoms with Crippen molar-refractivity contribution in [3.8, 4) is 0 Å². The molecule has 3 heterocycles. The second-order valence-electron chi connectivity index (χ2n) is 6.64. The number of aryl methyl sites for hydroxylation is 2. The van der Waals surface area contributed by atoms with Crippen molar-refractivity contribution < 1.29 is 4.79 Å². The minimum atomic E-state index is -0.529. The van der Waals surface area contributed by atoms with E-state index >= 15 is 0 Å². The van der Waals surface area contributed by atoms with Crippen molar-refractivity contribution in [3.05, 3.63) is 29.1 Å². The molecule has 0 bridgehead atoms. The van der Waals surface area contributed by atoms with Crippen LogP contribution in [-0.2, 0) is 10.5 Å². The Bertz CT molecular complexity index is 616. The molecule has 4 rings (SSSR count). The molecule has 1 aromatic heterocycles. The Morgan fingerprint density at radius 2 is 2.20 bits per heavy atom. The fourth-order valence-corrected chi connectivity index (χ4v) is 4.30. The Balaban J connectivity index is 1.75. The summed E-state index contributed by atoms with van der Waals surface area (Å²) < 4.78 is 0. The number of rotatable bonds is 1. The van der Waals surface area contributed by atoms with Crippen LogP contribution >= 0.6 is 0 Å². The number of nitrogens with zero attached hydrogens (tertiary/aromatic N) is 1. The fourth-order valence-electron chi connectivity index (χ4n) is 4.30. The summed E-state index contributed by atoms with van der Waals surface area (Å²) >= 11 is 0. The Hall–Kier alpha value is -1.46. The smallest absolute Gasteiger partial charge is 0.227 e. The lowest BCUT2D eigenvalue weighted by Crippen LogP contribution is -2.65. The maximum atomic E-state index is 12.4. The van der Waals surface area contributed by atoms with Gasteiger partial charge in [-0.05, 0) is 32.4 Å². The maximum Gasteiger partial charge on any atom is 0.227 e. The van der Waals surface area contributed by atoms with Crippen molar-refractivity contribution in [2.24, 2.45) is 11.8 Å². The number of fused-ring (bicyclic) bond motifs is 1. The van der Waals surface area contributed by atoms with Gasteiger partial charge in [-0.15, -0.1) is 0 Å². The van der Waals surface area contributed by atoms with Crippen LogP contribution in [0, 0.1) is 25.7 Å². The number of amides is 1. The zero-order chi connectivity index (χ0) is 14.1. The third-order valence-electron chi connectivity index (χ3n) is 5.22. The van der Waals surface area contributed by atoms with Gasteiger partial charge in [0.2, 0.25) is 5.91 Å². The summed E-state index contributed by atoms with van der Waals surface area (Å²) in [7, 11) is 0.